The third kappa shape index (κ3) is 3.10. The number of hydrogen-bond donors (Lipinski definition) is 0. The highest BCUT2D eigenvalue weighted by atomic mass is 32.2. The van der Waals surface area contributed by atoms with E-state index in [1.54, 1.807) is 12.5 Å². The molecule has 0 N–H and O–H groups in total. The Kier molecular flexibility index (Phi) is 4.27. The number of allylic oxidation sites excluding steroid dienone is 1. The molecule has 0 aromatic carbocycles. The van der Waals surface area contributed by atoms with Crippen LogP contribution in [0.25, 0.3) is 0 Å². The van der Waals surface area contributed by atoms with Gasteiger partial charge in [-0.05, 0) is 36.5 Å². The normalized spacial score (nSPS) is 34.5. The van der Waals surface area contributed by atoms with Crippen LogP contribution in [-0.4, -0.2) is 31.3 Å². The second kappa shape index (κ2) is 5.36. The van der Waals surface area contributed by atoms with Gasteiger partial charge in [0.05, 0.1) is 17.0 Å². The molecule has 5 heteroatoms. The monoisotopic (exact) mass is 328 g/mol. The quantitative estimate of drug-likeness (QED) is 0.587. The average Bonchev–Trinajstić information content (AvgIpc) is 2.61. The van der Waals surface area contributed by atoms with Gasteiger partial charge in [0.1, 0.15) is 18.3 Å². The van der Waals surface area contributed by atoms with Crippen LogP contribution in [0.1, 0.15) is 40.0 Å². The summed E-state index contributed by atoms with van der Waals surface area (Å²) >= 11 is 0. The maximum atomic E-state index is 12.6. The Morgan fingerprint density at radius 2 is 1.91 bits per heavy atom. The number of fused-ring (bicyclic) bond motifs is 1. The van der Waals surface area contributed by atoms with Crippen molar-refractivity contribution in [2.45, 2.75) is 40.0 Å². The number of methoxy groups -OCH3 is 1. The van der Waals surface area contributed by atoms with E-state index in [0.717, 1.165) is 12.8 Å². The maximum Gasteiger partial charge on any atom is 0.333 e. The first-order chi connectivity index (χ1) is 9.89. The lowest BCUT2D eigenvalue weighted by molar-refractivity contribution is -0.314. The minimum Gasteiger partial charge on any atom is -0.875 e. The predicted octanol–water partition coefficient (Wildman–Crippen LogP) is 2.00. The van der Waals surface area contributed by atoms with Crippen LogP contribution in [0, 0.1) is 22.7 Å². The number of hydrogen-bond acceptors (Lipinski definition) is 4. The molecule has 22 heavy (non-hydrogen) atoms. The van der Waals surface area contributed by atoms with E-state index in [1.807, 2.05) is 6.92 Å². The van der Waals surface area contributed by atoms with Gasteiger partial charge in [-0.1, -0.05) is 20.8 Å². The van der Waals surface area contributed by atoms with Crippen molar-refractivity contribution in [1.82, 2.24) is 0 Å². The van der Waals surface area contributed by atoms with E-state index in [0.29, 0.717) is 12.2 Å². The zero-order valence-corrected chi connectivity index (χ0v) is 15.3. The first kappa shape index (κ1) is 17.5. The molecule has 0 spiro atoms. The number of carbonyl (C=O) groups excluding carboxylic acids is 1. The molecule has 3 atom stereocenters. The average molecular weight is 328 g/mol. The predicted molar refractivity (Wildman–Crippen MR) is 86.5 cm³/mol. The SMILES string of the molecule is COC(=O)C1=C([O-])C[C@@H]2CC(C)(C)C[C@@H]2[C@@]1(C)C[S+](C)(C)=O. The van der Waals surface area contributed by atoms with E-state index in [2.05, 4.69) is 13.8 Å². The van der Waals surface area contributed by atoms with Crippen LogP contribution in [0.15, 0.2) is 11.3 Å². The highest BCUT2D eigenvalue weighted by Crippen LogP contribution is 2.59. The molecule has 2 aliphatic carbocycles. The van der Waals surface area contributed by atoms with Crippen LogP contribution < -0.4 is 5.11 Å². The van der Waals surface area contributed by atoms with Crippen molar-refractivity contribution in [3.63, 3.8) is 0 Å². The zero-order chi connectivity index (χ0) is 16.9. The lowest BCUT2D eigenvalue weighted by Crippen LogP contribution is -2.47. The molecule has 0 aliphatic heterocycles. The largest absolute Gasteiger partial charge is 0.875 e. The second-order valence-corrected chi connectivity index (χ2v) is 11.6. The van der Waals surface area contributed by atoms with Crippen molar-refractivity contribution >= 4 is 15.9 Å². The molecule has 0 radical (unpaired) electrons. The van der Waals surface area contributed by atoms with Crippen molar-refractivity contribution in [2.24, 2.45) is 22.7 Å². The Hall–Kier alpha value is -0.840. The summed E-state index contributed by atoms with van der Waals surface area (Å²) in [7, 11) is -0.779. The van der Waals surface area contributed by atoms with Gasteiger partial charge in [-0.3, -0.25) is 0 Å². The topological polar surface area (TPSA) is 66.4 Å². The Labute approximate surface area is 134 Å². The van der Waals surface area contributed by atoms with Crippen LogP contribution in [-0.2, 0) is 23.7 Å². The Balaban J connectivity index is 2.55. The summed E-state index contributed by atoms with van der Waals surface area (Å²) in [6.07, 6.45) is 5.78. The maximum absolute atomic E-state index is 12.6. The molecule has 0 unspecified atom stereocenters. The van der Waals surface area contributed by atoms with Gasteiger partial charge >= 0.3 is 5.97 Å². The molecule has 2 rings (SSSR count). The number of carbonyl (C=O) groups is 1. The summed E-state index contributed by atoms with van der Waals surface area (Å²) in [5, 5.41) is 12.6. The second-order valence-electron chi connectivity index (χ2n) is 8.43. The van der Waals surface area contributed by atoms with Crippen molar-refractivity contribution in [1.29, 1.82) is 0 Å². The van der Waals surface area contributed by atoms with Gasteiger partial charge in [0.25, 0.3) is 0 Å². The van der Waals surface area contributed by atoms with Gasteiger partial charge in [0.15, 0.2) is 0 Å². The molecular weight excluding hydrogens is 300 g/mol. The first-order valence-corrected chi connectivity index (χ1v) is 10.3. The molecule has 4 nitrogen and oxygen atoms in total. The number of rotatable bonds is 3. The van der Waals surface area contributed by atoms with Crippen LogP contribution >= 0.6 is 0 Å². The minimum absolute atomic E-state index is 0.114. The van der Waals surface area contributed by atoms with Gasteiger partial charge in [-0.25, -0.2) is 4.79 Å². The fourth-order valence-electron chi connectivity index (χ4n) is 4.85. The number of ether oxygens (including phenoxy) is 1. The van der Waals surface area contributed by atoms with E-state index in [4.69, 9.17) is 4.74 Å². The highest BCUT2D eigenvalue weighted by molar-refractivity contribution is 8.01. The fourth-order valence-corrected chi connectivity index (χ4v) is 6.65. The molecule has 1 saturated carbocycles. The van der Waals surface area contributed by atoms with E-state index in [-0.39, 0.29) is 28.6 Å². The van der Waals surface area contributed by atoms with Crippen molar-refractivity contribution < 1.29 is 18.8 Å². The van der Waals surface area contributed by atoms with E-state index >= 15 is 0 Å². The molecule has 0 bridgehead atoms. The fraction of sp³-hybridized carbons (Fsp3) is 0.824. The van der Waals surface area contributed by atoms with Crippen molar-refractivity contribution in [2.75, 3.05) is 25.4 Å². The van der Waals surface area contributed by atoms with Gasteiger partial charge < -0.3 is 9.84 Å². The molecular formula is C17H28O4S. The molecule has 0 aromatic heterocycles. The molecule has 0 aromatic rings. The third-order valence-electron chi connectivity index (χ3n) is 5.31. The van der Waals surface area contributed by atoms with Gasteiger partial charge in [0, 0.05) is 11.0 Å². The standard InChI is InChI=1S/C17H28O4S/c1-16(2)8-11-7-13(18)14(15(19)21-4)17(3,12(11)9-16)10-22(5,6)20/h11-12H,7-10H2,1-6H3/t11-,12+,17-/m1/s1. The summed E-state index contributed by atoms with van der Waals surface area (Å²) in [6, 6.07) is 0. The molecule has 0 heterocycles. The van der Waals surface area contributed by atoms with Gasteiger partial charge in [-0.2, -0.15) is 0 Å². The van der Waals surface area contributed by atoms with Crippen molar-refractivity contribution in [3.8, 4) is 0 Å². The van der Waals surface area contributed by atoms with Gasteiger partial charge in [-0.15, -0.1) is 9.97 Å². The molecule has 0 saturated heterocycles. The Bertz CT molecular complexity index is 557. The Morgan fingerprint density at radius 1 is 1.32 bits per heavy atom. The van der Waals surface area contributed by atoms with Crippen LogP contribution in [0.5, 0.6) is 0 Å². The van der Waals surface area contributed by atoms with Crippen LogP contribution in [0.3, 0.4) is 0 Å². The number of esters is 1. The lowest BCUT2D eigenvalue weighted by Gasteiger charge is -2.45. The van der Waals surface area contributed by atoms with E-state index in [9.17, 15) is 14.1 Å². The summed E-state index contributed by atoms with van der Waals surface area (Å²) < 4.78 is 17.4. The van der Waals surface area contributed by atoms with Crippen LogP contribution in [0.4, 0.5) is 0 Å². The summed E-state index contributed by atoms with van der Waals surface area (Å²) in [5.41, 5.74) is -0.253. The zero-order valence-electron chi connectivity index (χ0n) is 14.5. The first-order valence-electron chi connectivity index (χ1n) is 7.80. The summed E-state index contributed by atoms with van der Waals surface area (Å²) in [6.45, 7) is 6.37. The summed E-state index contributed by atoms with van der Waals surface area (Å²) in [4.78, 5) is 12.3. The van der Waals surface area contributed by atoms with E-state index in [1.165, 1.54) is 7.11 Å². The Morgan fingerprint density at radius 3 is 2.41 bits per heavy atom. The minimum atomic E-state index is -2.09. The molecule has 0 amide bonds. The molecule has 2 aliphatic rings. The molecule has 1 fully saturated rings. The smallest absolute Gasteiger partial charge is 0.333 e. The van der Waals surface area contributed by atoms with E-state index < -0.39 is 21.3 Å². The van der Waals surface area contributed by atoms with Gasteiger partial charge in [0.2, 0.25) is 0 Å². The lowest BCUT2D eigenvalue weighted by atomic mass is 9.63. The third-order valence-corrected chi connectivity index (χ3v) is 6.60. The molecule has 126 valence electrons. The summed E-state index contributed by atoms with van der Waals surface area (Å²) in [5.74, 6) is 0.210. The van der Waals surface area contributed by atoms with Crippen molar-refractivity contribution in [3.05, 3.63) is 11.3 Å². The highest BCUT2D eigenvalue weighted by Gasteiger charge is 2.56. The van der Waals surface area contributed by atoms with Crippen LogP contribution in [0.2, 0.25) is 0 Å².